The minimum atomic E-state index is 0.126. The molecule has 0 aromatic rings. The van der Waals surface area contributed by atoms with E-state index in [-0.39, 0.29) is 28.1 Å². The molecule has 2 aliphatic carbocycles. The zero-order valence-corrected chi connectivity index (χ0v) is 12.9. The highest BCUT2D eigenvalue weighted by Crippen LogP contribution is 2.68. The fourth-order valence-electron chi connectivity index (χ4n) is 3.71. The van der Waals surface area contributed by atoms with Crippen molar-refractivity contribution in [2.45, 2.75) is 53.4 Å². The van der Waals surface area contributed by atoms with Gasteiger partial charge in [0, 0.05) is 23.8 Å². The third-order valence-corrected chi connectivity index (χ3v) is 6.44. The number of halogens is 1. The zero-order chi connectivity index (χ0) is 13.6. The molecule has 2 nitrogen and oxygen atoms in total. The summed E-state index contributed by atoms with van der Waals surface area (Å²) in [5, 5.41) is 3.17. The van der Waals surface area contributed by atoms with E-state index in [1.165, 1.54) is 12.8 Å². The number of amides is 1. The molecule has 1 N–H and O–H groups in total. The molecule has 0 aromatic carbocycles. The second-order valence-corrected chi connectivity index (χ2v) is 7.70. The molecular weight excluding hydrogens is 246 g/mol. The van der Waals surface area contributed by atoms with Crippen LogP contribution in [-0.2, 0) is 4.79 Å². The van der Waals surface area contributed by atoms with Crippen LogP contribution in [0.15, 0.2) is 0 Å². The number of hydrogen-bond donors (Lipinski definition) is 1. The van der Waals surface area contributed by atoms with Crippen LogP contribution in [0.2, 0.25) is 0 Å². The molecule has 0 heterocycles. The molecule has 0 saturated heterocycles. The highest BCUT2D eigenvalue weighted by atomic mass is 35.5. The van der Waals surface area contributed by atoms with Crippen molar-refractivity contribution in [3.8, 4) is 0 Å². The first-order valence-electron chi connectivity index (χ1n) is 7.11. The molecule has 18 heavy (non-hydrogen) atoms. The zero-order valence-electron chi connectivity index (χ0n) is 12.1. The number of rotatable bonds is 4. The Balaban J connectivity index is 1.90. The van der Waals surface area contributed by atoms with Gasteiger partial charge in [-0.3, -0.25) is 4.79 Å². The van der Waals surface area contributed by atoms with E-state index in [2.05, 4.69) is 33.0 Å². The van der Waals surface area contributed by atoms with Gasteiger partial charge in [-0.25, -0.2) is 0 Å². The number of alkyl halides is 1. The Morgan fingerprint density at radius 1 is 1.17 bits per heavy atom. The van der Waals surface area contributed by atoms with Crippen molar-refractivity contribution in [2.24, 2.45) is 22.2 Å². The van der Waals surface area contributed by atoms with Crippen LogP contribution in [0.4, 0.5) is 0 Å². The lowest BCUT2D eigenvalue weighted by Crippen LogP contribution is -2.38. The first-order chi connectivity index (χ1) is 8.27. The average Bonchev–Trinajstić information content (AvgIpc) is 2.69. The molecule has 2 aliphatic rings. The number of carbonyl (C=O) groups is 1. The molecule has 0 unspecified atom stereocenters. The van der Waals surface area contributed by atoms with Gasteiger partial charge in [-0.1, -0.05) is 40.5 Å². The van der Waals surface area contributed by atoms with Crippen LogP contribution >= 0.6 is 11.6 Å². The van der Waals surface area contributed by atoms with Gasteiger partial charge in [-0.15, -0.1) is 11.6 Å². The summed E-state index contributed by atoms with van der Waals surface area (Å²) in [6, 6.07) is 0. The maximum Gasteiger partial charge on any atom is 0.224 e. The molecule has 1 amide bonds. The van der Waals surface area contributed by atoms with Crippen molar-refractivity contribution >= 4 is 17.5 Å². The predicted octanol–water partition coefficient (Wildman–Crippen LogP) is 3.58. The average molecular weight is 272 g/mol. The summed E-state index contributed by atoms with van der Waals surface area (Å²) in [4.78, 5) is 12.3. The van der Waals surface area contributed by atoms with E-state index in [9.17, 15) is 4.79 Å². The van der Waals surface area contributed by atoms with Crippen LogP contribution < -0.4 is 5.32 Å². The summed E-state index contributed by atoms with van der Waals surface area (Å²) in [6.45, 7) is 9.50. The van der Waals surface area contributed by atoms with Gasteiger partial charge in [0.05, 0.1) is 0 Å². The number of hydrogen-bond acceptors (Lipinski definition) is 1. The lowest BCUT2D eigenvalue weighted by molar-refractivity contribution is -0.123. The van der Waals surface area contributed by atoms with E-state index in [0.717, 1.165) is 19.4 Å². The smallest absolute Gasteiger partial charge is 0.224 e. The molecule has 0 bridgehead atoms. The van der Waals surface area contributed by atoms with E-state index in [1.807, 2.05) is 0 Å². The van der Waals surface area contributed by atoms with Crippen LogP contribution in [0, 0.1) is 22.2 Å². The van der Waals surface area contributed by atoms with Crippen LogP contribution in [0.1, 0.15) is 53.4 Å². The Hall–Kier alpha value is -0.240. The van der Waals surface area contributed by atoms with Crippen molar-refractivity contribution < 1.29 is 4.79 Å². The van der Waals surface area contributed by atoms with E-state index in [4.69, 9.17) is 11.6 Å². The van der Waals surface area contributed by atoms with Crippen LogP contribution in [0.25, 0.3) is 0 Å². The lowest BCUT2D eigenvalue weighted by Gasteiger charge is -2.26. The highest BCUT2D eigenvalue weighted by Gasteiger charge is 2.68. The third-order valence-electron chi connectivity index (χ3n) is 5.87. The van der Waals surface area contributed by atoms with Crippen LogP contribution in [0.3, 0.4) is 0 Å². The van der Waals surface area contributed by atoms with Gasteiger partial charge >= 0.3 is 0 Å². The van der Waals surface area contributed by atoms with Gasteiger partial charge in [-0.05, 0) is 23.7 Å². The van der Waals surface area contributed by atoms with Crippen molar-refractivity contribution in [2.75, 3.05) is 12.4 Å². The molecule has 0 aromatic heterocycles. The highest BCUT2D eigenvalue weighted by molar-refractivity contribution is 6.18. The van der Waals surface area contributed by atoms with Crippen molar-refractivity contribution in [1.29, 1.82) is 0 Å². The topological polar surface area (TPSA) is 29.1 Å². The van der Waals surface area contributed by atoms with Crippen molar-refractivity contribution in [1.82, 2.24) is 5.32 Å². The first kappa shape index (κ1) is 14.2. The van der Waals surface area contributed by atoms with E-state index < -0.39 is 0 Å². The van der Waals surface area contributed by atoms with Gasteiger partial charge in [0.15, 0.2) is 0 Å². The fraction of sp³-hybridized carbons (Fsp3) is 0.933. The second-order valence-electron chi connectivity index (χ2n) is 7.43. The quantitative estimate of drug-likeness (QED) is 0.778. The van der Waals surface area contributed by atoms with Gasteiger partial charge in [-0.2, -0.15) is 0 Å². The molecule has 2 rings (SSSR count). The molecule has 104 valence electrons. The van der Waals surface area contributed by atoms with Gasteiger partial charge in [0.2, 0.25) is 5.91 Å². The molecule has 0 spiro atoms. The Bertz CT molecular complexity index is 328. The summed E-state index contributed by atoms with van der Waals surface area (Å²) in [5.74, 6) is 1.05. The predicted molar refractivity (Wildman–Crippen MR) is 75.7 cm³/mol. The summed E-state index contributed by atoms with van der Waals surface area (Å²) < 4.78 is 0. The fourth-order valence-corrected chi connectivity index (χ4v) is 4.07. The lowest BCUT2D eigenvalue weighted by atomic mass is 9.88. The summed E-state index contributed by atoms with van der Waals surface area (Å²) in [5.41, 5.74) is 0.419. The minimum Gasteiger partial charge on any atom is -0.355 e. The second kappa shape index (κ2) is 4.40. The molecule has 3 heteroatoms. The molecule has 0 radical (unpaired) electrons. The largest absolute Gasteiger partial charge is 0.355 e. The number of carbonyl (C=O) groups excluding carboxylic acids is 1. The van der Waals surface area contributed by atoms with E-state index >= 15 is 0 Å². The summed E-state index contributed by atoms with van der Waals surface area (Å²) in [6.07, 6.45) is 4.83. The van der Waals surface area contributed by atoms with Crippen molar-refractivity contribution in [3.63, 3.8) is 0 Å². The minimum absolute atomic E-state index is 0.126. The van der Waals surface area contributed by atoms with Crippen LogP contribution in [-0.4, -0.2) is 18.3 Å². The summed E-state index contributed by atoms with van der Waals surface area (Å²) in [7, 11) is 0. The monoisotopic (exact) mass is 271 g/mol. The standard InChI is InChI=1S/C15H26ClNO/c1-13(2)11(14(13,3)4)12(18)17-10-15(9-16)7-5-6-8-15/h11H,5-10H2,1-4H3,(H,17,18). The van der Waals surface area contributed by atoms with Gasteiger partial charge in [0.1, 0.15) is 0 Å². The van der Waals surface area contributed by atoms with E-state index in [0.29, 0.717) is 5.88 Å². The molecule has 0 atom stereocenters. The normalized spacial score (nSPS) is 28.1. The number of nitrogens with one attached hydrogen (secondary N) is 1. The van der Waals surface area contributed by atoms with Crippen LogP contribution in [0.5, 0.6) is 0 Å². The summed E-state index contributed by atoms with van der Waals surface area (Å²) >= 11 is 6.10. The third kappa shape index (κ3) is 2.07. The maximum absolute atomic E-state index is 12.3. The van der Waals surface area contributed by atoms with Gasteiger partial charge < -0.3 is 5.32 Å². The molecular formula is C15H26ClNO. The SMILES string of the molecule is CC1(C)C(C(=O)NCC2(CCl)CCCC2)C1(C)C. The molecule has 0 aliphatic heterocycles. The Labute approximate surface area is 116 Å². The molecule has 2 saturated carbocycles. The Morgan fingerprint density at radius 3 is 2.06 bits per heavy atom. The Morgan fingerprint density at radius 2 is 1.67 bits per heavy atom. The maximum atomic E-state index is 12.3. The van der Waals surface area contributed by atoms with E-state index in [1.54, 1.807) is 0 Å². The molecule has 2 fully saturated rings. The van der Waals surface area contributed by atoms with Crippen molar-refractivity contribution in [3.05, 3.63) is 0 Å². The van der Waals surface area contributed by atoms with Gasteiger partial charge in [0.25, 0.3) is 0 Å². The Kier molecular flexibility index (Phi) is 3.46. The first-order valence-corrected chi connectivity index (χ1v) is 7.64.